The lowest BCUT2D eigenvalue weighted by atomic mass is 10.1. The van der Waals surface area contributed by atoms with Crippen LogP contribution in [0.1, 0.15) is 30.2 Å². The molecule has 3 aromatic rings. The first-order valence-electron chi connectivity index (χ1n) is 9.10. The molecule has 1 fully saturated rings. The average Bonchev–Trinajstić information content (AvgIpc) is 3.30. The van der Waals surface area contributed by atoms with Crippen molar-refractivity contribution in [2.24, 2.45) is 0 Å². The summed E-state index contributed by atoms with van der Waals surface area (Å²) >= 11 is 6.02. The Kier molecular flexibility index (Phi) is 5.21. The lowest BCUT2D eigenvalue weighted by Crippen LogP contribution is -2.26. The fraction of sp³-hybridized carbons (Fsp3) is 0.286. The molecule has 1 atom stereocenters. The maximum absolute atomic E-state index is 12.3. The van der Waals surface area contributed by atoms with Crippen molar-refractivity contribution in [3.63, 3.8) is 0 Å². The van der Waals surface area contributed by atoms with Crippen LogP contribution >= 0.6 is 11.6 Å². The molecule has 0 saturated carbocycles. The first-order chi connectivity index (χ1) is 13.2. The molecule has 1 amide bonds. The van der Waals surface area contributed by atoms with Crippen molar-refractivity contribution in [2.45, 2.75) is 25.2 Å². The second-order valence-electron chi connectivity index (χ2n) is 6.80. The third-order valence-electron chi connectivity index (χ3n) is 4.82. The molecule has 1 aliphatic heterocycles. The number of benzene rings is 2. The molecule has 138 valence electrons. The van der Waals surface area contributed by atoms with Crippen LogP contribution in [-0.4, -0.2) is 34.0 Å². The van der Waals surface area contributed by atoms with Crippen LogP contribution in [0.25, 0.3) is 11.4 Å². The van der Waals surface area contributed by atoms with E-state index in [1.165, 1.54) is 5.56 Å². The molecule has 1 aromatic heterocycles. The minimum absolute atomic E-state index is 0.0466. The summed E-state index contributed by atoms with van der Waals surface area (Å²) in [7, 11) is 0. The monoisotopic (exact) mass is 381 g/mol. The van der Waals surface area contributed by atoms with Gasteiger partial charge in [0.15, 0.2) is 0 Å². The number of hydrogen-bond donors (Lipinski definition) is 0. The summed E-state index contributed by atoms with van der Waals surface area (Å²) in [6, 6.07) is 17.7. The Morgan fingerprint density at radius 3 is 2.81 bits per heavy atom. The third-order valence-corrected chi connectivity index (χ3v) is 5.06. The van der Waals surface area contributed by atoms with Crippen molar-refractivity contribution in [3.8, 4) is 11.4 Å². The first-order valence-corrected chi connectivity index (χ1v) is 9.48. The zero-order valence-electron chi connectivity index (χ0n) is 14.8. The van der Waals surface area contributed by atoms with Gasteiger partial charge in [0.25, 0.3) is 0 Å². The zero-order valence-corrected chi connectivity index (χ0v) is 15.6. The largest absolute Gasteiger partial charge is 0.342 e. The maximum Gasteiger partial charge on any atom is 0.232 e. The molecule has 1 saturated heterocycles. The number of aryl methyl sites for hydroxylation is 1. The van der Waals surface area contributed by atoms with Gasteiger partial charge in [0.05, 0.1) is 5.92 Å². The van der Waals surface area contributed by atoms with Crippen molar-refractivity contribution in [2.75, 3.05) is 13.1 Å². The molecule has 1 aliphatic rings. The second kappa shape index (κ2) is 7.92. The van der Waals surface area contributed by atoms with Crippen LogP contribution in [0.15, 0.2) is 59.1 Å². The topological polar surface area (TPSA) is 59.2 Å². The smallest absolute Gasteiger partial charge is 0.232 e. The Hall–Kier alpha value is -2.66. The van der Waals surface area contributed by atoms with Crippen molar-refractivity contribution < 1.29 is 9.32 Å². The number of likely N-dealkylation sites (tertiary alicyclic amines) is 1. The van der Waals surface area contributed by atoms with Gasteiger partial charge in [-0.2, -0.15) is 4.98 Å². The minimum Gasteiger partial charge on any atom is -0.342 e. The van der Waals surface area contributed by atoms with Gasteiger partial charge in [0, 0.05) is 30.1 Å². The van der Waals surface area contributed by atoms with Gasteiger partial charge in [-0.05, 0) is 30.5 Å². The number of halogens is 1. The Bertz CT molecular complexity index is 926. The Morgan fingerprint density at radius 2 is 2.00 bits per heavy atom. The lowest BCUT2D eigenvalue weighted by Gasteiger charge is -2.15. The van der Waals surface area contributed by atoms with Gasteiger partial charge in [-0.1, -0.05) is 59.2 Å². The molecule has 5 nitrogen and oxygen atoms in total. The zero-order chi connectivity index (χ0) is 18.6. The molecule has 4 rings (SSSR count). The van der Waals surface area contributed by atoms with Crippen LogP contribution in [0.3, 0.4) is 0 Å². The van der Waals surface area contributed by atoms with E-state index < -0.39 is 0 Å². The summed E-state index contributed by atoms with van der Waals surface area (Å²) in [4.78, 5) is 18.7. The van der Waals surface area contributed by atoms with Gasteiger partial charge >= 0.3 is 0 Å². The van der Waals surface area contributed by atoms with Crippen LogP contribution in [0.4, 0.5) is 0 Å². The fourth-order valence-electron chi connectivity index (χ4n) is 3.42. The molecule has 0 N–H and O–H groups in total. The van der Waals surface area contributed by atoms with E-state index in [1.54, 1.807) is 12.1 Å². The van der Waals surface area contributed by atoms with E-state index in [1.807, 2.05) is 35.2 Å². The van der Waals surface area contributed by atoms with E-state index in [9.17, 15) is 4.79 Å². The second-order valence-corrected chi connectivity index (χ2v) is 7.23. The van der Waals surface area contributed by atoms with Crippen molar-refractivity contribution in [3.05, 3.63) is 71.1 Å². The summed E-state index contributed by atoms with van der Waals surface area (Å²) in [5.41, 5.74) is 2.10. The Balaban J connectivity index is 1.36. The molecule has 2 heterocycles. The molecular weight excluding hydrogens is 362 g/mol. The molecule has 1 unspecified atom stereocenters. The molecule has 0 aliphatic carbocycles. The van der Waals surface area contributed by atoms with Gasteiger partial charge in [0.2, 0.25) is 17.6 Å². The summed E-state index contributed by atoms with van der Waals surface area (Å²) in [6.45, 7) is 1.38. The number of carbonyl (C=O) groups excluding carboxylic acids is 1. The number of hydrogen-bond acceptors (Lipinski definition) is 4. The van der Waals surface area contributed by atoms with E-state index in [4.69, 9.17) is 16.1 Å². The van der Waals surface area contributed by atoms with E-state index in [0.717, 1.165) is 24.9 Å². The molecular formula is C21H20ClN3O2. The van der Waals surface area contributed by atoms with Crippen molar-refractivity contribution >= 4 is 17.5 Å². The highest BCUT2D eigenvalue weighted by atomic mass is 35.5. The third kappa shape index (κ3) is 4.19. The molecule has 0 spiro atoms. The van der Waals surface area contributed by atoms with Crippen LogP contribution in [0.5, 0.6) is 0 Å². The summed E-state index contributed by atoms with van der Waals surface area (Å²) in [5, 5.41) is 4.67. The van der Waals surface area contributed by atoms with Gasteiger partial charge < -0.3 is 9.42 Å². The van der Waals surface area contributed by atoms with E-state index >= 15 is 0 Å². The quantitative estimate of drug-likeness (QED) is 0.637. The van der Waals surface area contributed by atoms with E-state index in [0.29, 0.717) is 29.7 Å². The SMILES string of the molecule is O=C1CC(c2nc(-c3cccc(Cl)c3)no2)CN1CCCc1ccccc1. The minimum atomic E-state index is -0.0466. The van der Waals surface area contributed by atoms with Crippen LogP contribution in [0.2, 0.25) is 5.02 Å². The van der Waals surface area contributed by atoms with Gasteiger partial charge in [-0.15, -0.1) is 0 Å². The van der Waals surface area contributed by atoms with E-state index in [2.05, 4.69) is 22.3 Å². The molecule has 27 heavy (non-hydrogen) atoms. The summed E-state index contributed by atoms with van der Waals surface area (Å²) < 4.78 is 5.43. The number of aromatic nitrogens is 2. The highest BCUT2D eigenvalue weighted by molar-refractivity contribution is 6.30. The highest BCUT2D eigenvalue weighted by Crippen LogP contribution is 2.29. The molecule has 2 aromatic carbocycles. The first kappa shape index (κ1) is 17.7. The molecule has 0 radical (unpaired) electrons. The summed E-state index contributed by atoms with van der Waals surface area (Å²) in [6.07, 6.45) is 2.33. The lowest BCUT2D eigenvalue weighted by molar-refractivity contribution is -0.127. The van der Waals surface area contributed by atoms with Crippen LogP contribution < -0.4 is 0 Å². The number of amides is 1. The standard InChI is InChI=1S/C21H20ClN3O2/c22-18-10-4-9-16(12-18)20-23-21(27-24-20)17-13-19(26)25(14-17)11-5-8-15-6-2-1-3-7-15/h1-4,6-7,9-10,12,17H,5,8,11,13-14H2. The molecule has 0 bridgehead atoms. The van der Waals surface area contributed by atoms with Crippen molar-refractivity contribution in [1.29, 1.82) is 0 Å². The highest BCUT2D eigenvalue weighted by Gasteiger charge is 2.34. The predicted molar refractivity (Wildman–Crippen MR) is 103 cm³/mol. The summed E-state index contributed by atoms with van der Waals surface area (Å²) in [5.74, 6) is 1.12. The predicted octanol–water partition coefficient (Wildman–Crippen LogP) is 4.34. The average molecular weight is 382 g/mol. The van der Waals surface area contributed by atoms with Gasteiger partial charge in [-0.3, -0.25) is 4.79 Å². The maximum atomic E-state index is 12.3. The number of nitrogens with zero attached hydrogens (tertiary/aromatic N) is 3. The molecule has 6 heteroatoms. The van der Waals surface area contributed by atoms with Crippen LogP contribution in [0, 0.1) is 0 Å². The Labute approximate surface area is 163 Å². The fourth-order valence-corrected chi connectivity index (χ4v) is 3.61. The normalized spacial score (nSPS) is 16.9. The van der Waals surface area contributed by atoms with Crippen LogP contribution in [-0.2, 0) is 11.2 Å². The van der Waals surface area contributed by atoms with Crippen molar-refractivity contribution in [1.82, 2.24) is 15.0 Å². The van der Waals surface area contributed by atoms with Gasteiger partial charge in [0.1, 0.15) is 0 Å². The Morgan fingerprint density at radius 1 is 1.15 bits per heavy atom. The number of carbonyl (C=O) groups is 1. The number of rotatable bonds is 6. The van der Waals surface area contributed by atoms with E-state index in [-0.39, 0.29) is 11.8 Å². The van der Waals surface area contributed by atoms with Gasteiger partial charge in [-0.25, -0.2) is 0 Å².